The van der Waals surface area contributed by atoms with Crippen LogP contribution in [-0.4, -0.2) is 29.0 Å². The Hall–Kier alpha value is -1.35. The summed E-state index contributed by atoms with van der Waals surface area (Å²) in [5, 5.41) is 11.2. The van der Waals surface area contributed by atoms with Crippen LogP contribution in [0, 0.1) is 5.92 Å². The fraction of sp³-hybridized carbons (Fsp3) is 0.562. The second-order valence-electron chi connectivity index (χ2n) is 5.76. The molecule has 0 radical (unpaired) electrons. The first-order valence-corrected chi connectivity index (χ1v) is 7.30. The van der Waals surface area contributed by atoms with E-state index < -0.39 is 5.60 Å². The van der Waals surface area contributed by atoms with Crippen molar-refractivity contribution in [2.45, 2.75) is 37.7 Å². The number of nitrogens with zero attached hydrogens (tertiary/aromatic N) is 1. The molecule has 1 N–H and O–H groups in total. The number of hydrogen-bond acceptors (Lipinski definition) is 2. The van der Waals surface area contributed by atoms with Gasteiger partial charge in [0.15, 0.2) is 5.60 Å². The zero-order chi connectivity index (χ0) is 13.3. The highest BCUT2D eigenvalue weighted by Gasteiger charge is 2.48. The van der Waals surface area contributed by atoms with Crippen molar-refractivity contribution in [3.8, 4) is 0 Å². The Balaban J connectivity index is 1.96. The van der Waals surface area contributed by atoms with Gasteiger partial charge in [0, 0.05) is 19.0 Å². The molecule has 19 heavy (non-hydrogen) atoms. The van der Waals surface area contributed by atoms with E-state index >= 15 is 0 Å². The number of likely N-dealkylation sites (tertiary alicyclic amines) is 1. The third-order valence-electron chi connectivity index (χ3n) is 4.63. The summed E-state index contributed by atoms with van der Waals surface area (Å²) in [5.74, 6) is -0.0140. The average molecular weight is 259 g/mol. The number of hydrogen-bond donors (Lipinski definition) is 1. The molecule has 2 aliphatic rings. The summed E-state index contributed by atoms with van der Waals surface area (Å²) >= 11 is 0. The minimum absolute atomic E-state index is 0.0722. The lowest BCUT2D eigenvalue weighted by molar-refractivity contribution is -0.163. The molecule has 102 valence electrons. The van der Waals surface area contributed by atoms with E-state index in [0.717, 1.165) is 50.8 Å². The lowest BCUT2D eigenvalue weighted by Crippen LogP contribution is -2.55. The van der Waals surface area contributed by atoms with Crippen molar-refractivity contribution in [2.24, 2.45) is 5.92 Å². The molecule has 2 fully saturated rings. The van der Waals surface area contributed by atoms with Gasteiger partial charge in [0.25, 0.3) is 5.91 Å². The highest BCUT2D eigenvalue weighted by molar-refractivity contribution is 5.87. The van der Waals surface area contributed by atoms with Crippen LogP contribution in [0.4, 0.5) is 0 Å². The van der Waals surface area contributed by atoms with E-state index in [1.165, 1.54) is 0 Å². The summed E-state index contributed by atoms with van der Waals surface area (Å²) in [4.78, 5) is 14.5. The van der Waals surface area contributed by atoms with E-state index in [4.69, 9.17) is 0 Å². The molecule has 1 heterocycles. The van der Waals surface area contributed by atoms with Crippen LogP contribution in [0.2, 0.25) is 0 Å². The summed E-state index contributed by atoms with van der Waals surface area (Å²) in [7, 11) is 0. The number of amides is 1. The van der Waals surface area contributed by atoms with E-state index in [-0.39, 0.29) is 11.8 Å². The zero-order valence-corrected chi connectivity index (χ0v) is 11.2. The Morgan fingerprint density at radius 2 is 1.74 bits per heavy atom. The molecule has 1 unspecified atom stereocenters. The van der Waals surface area contributed by atoms with Gasteiger partial charge in [-0.15, -0.1) is 0 Å². The van der Waals surface area contributed by atoms with Crippen LogP contribution >= 0.6 is 0 Å². The summed E-state index contributed by atoms with van der Waals surface area (Å²) in [6.45, 7) is 1.58. The lowest BCUT2D eigenvalue weighted by atomic mass is 9.78. The van der Waals surface area contributed by atoms with Crippen molar-refractivity contribution in [1.82, 2.24) is 4.90 Å². The van der Waals surface area contributed by atoms with Gasteiger partial charge in [-0.1, -0.05) is 43.2 Å². The fourth-order valence-corrected chi connectivity index (χ4v) is 3.33. The highest BCUT2D eigenvalue weighted by Crippen LogP contribution is 2.42. The fourth-order valence-electron chi connectivity index (χ4n) is 3.33. The van der Waals surface area contributed by atoms with Crippen LogP contribution in [0.25, 0.3) is 0 Å². The van der Waals surface area contributed by atoms with Crippen molar-refractivity contribution in [1.29, 1.82) is 0 Å². The number of carbonyl (C=O) groups is 1. The van der Waals surface area contributed by atoms with Gasteiger partial charge in [0.1, 0.15) is 0 Å². The molecule has 1 saturated heterocycles. The van der Waals surface area contributed by atoms with Crippen molar-refractivity contribution >= 4 is 5.91 Å². The van der Waals surface area contributed by atoms with Crippen molar-refractivity contribution < 1.29 is 9.90 Å². The summed E-state index contributed by atoms with van der Waals surface area (Å²) in [6.07, 6.45) is 5.19. The van der Waals surface area contributed by atoms with Crippen LogP contribution in [0.3, 0.4) is 0 Å². The Kier molecular flexibility index (Phi) is 3.31. The SMILES string of the molecule is O=C(N1CCC1)C(O)(c1ccccc1)C1CCCC1. The molecule has 0 aromatic heterocycles. The maximum absolute atomic E-state index is 12.7. The predicted octanol–water partition coefficient (Wildman–Crippen LogP) is 2.30. The molecule has 3 nitrogen and oxygen atoms in total. The van der Waals surface area contributed by atoms with Crippen LogP contribution in [0.1, 0.15) is 37.7 Å². The van der Waals surface area contributed by atoms with Crippen LogP contribution < -0.4 is 0 Å². The average Bonchev–Trinajstić information content (AvgIpc) is 2.91. The first kappa shape index (κ1) is 12.7. The number of carbonyl (C=O) groups excluding carboxylic acids is 1. The standard InChI is InChI=1S/C16H21NO2/c18-15(17-11-6-12-17)16(19,14-9-4-5-10-14)13-7-2-1-3-8-13/h1-3,7-8,14,19H,4-6,9-12H2. The monoisotopic (exact) mass is 259 g/mol. The molecule has 1 aromatic rings. The molecule has 0 spiro atoms. The Labute approximate surface area is 114 Å². The van der Waals surface area contributed by atoms with Gasteiger partial charge in [-0.05, 0) is 24.8 Å². The smallest absolute Gasteiger partial charge is 0.259 e. The molecule has 0 bridgehead atoms. The number of aliphatic hydroxyl groups is 1. The molecule has 1 aliphatic heterocycles. The summed E-state index contributed by atoms with van der Waals surface area (Å²) in [5.41, 5.74) is -0.545. The van der Waals surface area contributed by atoms with Crippen LogP contribution in [-0.2, 0) is 10.4 Å². The van der Waals surface area contributed by atoms with E-state index in [1.54, 1.807) is 4.90 Å². The first-order valence-electron chi connectivity index (χ1n) is 7.30. The van der Waals surface area contributed by atoms with Crippen molar-refractivity contribution in [3.63, 3.8) is 0 Å². The third kappa shape index (κ3) is 2.06. The minimum atomic E-state index is -1.31. The Morgan fingerprint density at radius 1 is 1.11 bits per heavy atom. The number of benzene rings is 1. The maximum atomic E-state index is 12.7. The van der Waals surface area contributed by atoms with Gasteiger partial charge in [-0.3, -0.25) is 4.79 Å². The summed E-state index contributed by atoms with van der Waals surface area (Å²) < 4.78 is 0. The third-order valence-corrected chi connectivity index (χ3v) is 4.63. The van der Waals surface area contributed by atoms with Gasteiger partial charge < -0.3 is 10.0 Å². The predicted molar refractivity (Wildman–Crippen MR) is 73.5 cm³/mol. The van der Waals surface area contributed by atoms with Gasteiger partial charge in [-0.2, -0.15) is 0 Å². The molecule has 1 amide bonds. The van der Waals surface area contributed by atoms with E-state index in [9.17, 15) is 9.90 Å². The Bertz CT molecular complexity index is 449. The highest BCUT2D eigenvalue weighted by atomic mass is 16.3. The molecular formula is C16H21NO2. The molecule has 1 aliphatic carbocycles. The molecule has 1 aromatic carbocycles. The maximum Gasteiger partial charge on any atom is 0.259 e. The molecular weight excluding hydrogens is 238 g/mol. The second kappa shape index (κ2) is 4.97. The normalized spacial score (nSPS) is 22.9. The van der Waals surface area contributed by atoms with Crippen molar-refractivity contribution in [3.05, 3.63) is 35.9 Å². The number of rotatable bonds is 3. The van der Waals surface area contributed by atoms with Gasteiger partial charge >= 0.3 is 0 Å². The zero-order valence-electron chi connectivity index (χ0n) is 11.2. The van der Waals surface area contributed by atoms with E-state index in [1.807, 2.05) is 30.3 Å². The first-order chi connectivity index (χ1) is 9.23. The van der Waals surface area contributed by atoms with Crippen molar-refractivity contribution in [2.75, 3.05) is 13.1 Å². The van der Waals surface area contributed by atoms with Crippen LogP contribution in [0.5, 0.6) is 0 Å². The summed E-state index contributed by atoms with van der Waals surface area (Å²) in [6, 6.07) is 9.50. The molecule has 1 atom stereocenters. The Morgan fingerprint density at radius 3 is 2.26 bits per heavy atom. The lowest BCUT2D eigenvalue weighted by Gasteiger charge is -2.41. The van der Waals surface area contributed by atoms with Gasteiger partial charge in [0.2, 0.25) is 0 Å². The molecule has 3 rings (SSSR count). The largest absolute Gasteiger partial charge is 0.375 e. The molecule has 3 heteroatoms. The topological polar surface area (TPSA) is 40.5 Å². The van der Waals surface area contributed by atoms with E-state index in [2.05, 4.69) is 0 Å². The van der Waals surface area contributed by atoms with Gasteiger partial charge in [0.05, 0.1) is 0 Å². The molecule has 1 saturated carbocycles. The minimum Gasteiger partial charge on any atom is -0.375 e. The van der Waals surface area contributed by atoms with Crippen LogP contribution in [0.15, 0.2) is 30.3 Å². The quantitative estimate of drug-likeness (QED) is 0.905. The van der Waals surface area contributed by atoms with Gasteiger partial charge in [-0.25, -0.2) is 0 Å². The van der Waals surface area contributed by atoms with E-state index in [0.29, 0.717) is 0 Å². The second-order valence-corrected chi connectivity index (χ2v) is 5.76.